The molecule has 1 aromatic heterocycles. The highest BCUT2D eigenvalue weighted by Crippen LogP contribution is 2.07. The van der Waals surface area contributed by atoms with Crippen LogP contribution in [0.1, 0.15) is 25.6 Å². The molecule has 0 saturated heterocycles. The number of guanidine groups is 1. The number of amides is 1. The Morgan fingerprint density at radius 3 is 2.65 bits per heavy atom. The third-order valence-electron chi connectivity index (χ3n) is 2.40. The van der Waals surface area contributed by atoms with Crippen LogP contribution in [-0.2, 0) is 11.2 Å². The summed E-state index contributed by atoms with van der Waals surface area (Å²) in [6, 6.07) is 4.16. The van der Waals surface area contributed by atoms with E-state index in [1.807, 2.05) is 26.8 Å². The molecule has 1 amide bonds. The second-order valence-electron chi connectivity index (χ2n) is 5.48. The first-order valence-electron chi connectivity index (χ1n) is 6.68. The number of carbonyl (C=O) groups is 1. The highest BCUT2D eigenvalue weighted by atomic mass is 32.1. The van der Waals surface area contributed by atoms with Crippen LogP contribution in [0.5, 0.6) is 0 Å². The zero-order valence-corrected chi connectivity index (χ0v) is 13.4. The second-order valence-corrected chi connectivity index (χ2v) is 6.51. The molecule has 0 spiro atoms. The molecule has 1 rings (SSSR count). The lowest BCUT2D eigenvalue weighted by molar-refractivity contribution is -0.121. The highest BCUT2D eigenvalue weighted by molar-refractivity contribution is 7.09. The van der Waals surface area contributed by atoms with Gasteiger partial charge in [-0.25, -0.2) is 0 Å². The van der Waals surface area contributed by atoms with Gasteiger partial charge in [0.15, 0.2) is 5.96 Å². The SMILES string of the molecule is CN=C(NCCc1cccs1)NCC(=O)NC(C)(C)C. The van der Waals surface area contributed by atoms with Gasteiger partial charge in [-0.3, -0.25) is 9.79 Å². The van der Waals surface area contributed by atoms with Crippen molar-refractivity contribution in [1.82, 2.24) is 16.0 Å². The van der Waals surface area contributed by atoms with Crippen molar-refractivity contribution >= 4 is 23.2 Å². The largest absolute Gasteiger partial charge is 0.356 e. The molecule has 0 unspecified atom stereocenters. The zero-order chi connectivity index (χ0) is 15.0. The van der Waals surface area contributed by atoms with Gasteiger partial charge in [0.2, 0.25) is 5.91 Å². The molecule has 0 aliphatic heterocycles. The van der Waals surface area contributed by atoms with Gasteiger partial charge in [-0.05, 0) is 38.6 Å². The molecule has 3 N–H and O–H groups in total. The highest BCUT2D eigenvalue weighted by Gasteiger charge is 2.13. The molecule has 0 aliphatic carbocycles. The van der Waals surface area contributed by atoms with Gasteiger partial charge in [0.1, 0.15) is 0 Å². The Kier molecular flexibility index (Phi) is 6.51. The van der Waals surface area contributed by atoms with Crippen LogP contribution in [0.4, 0.5) is 0 Å². The Bertz CT molecular complexity index is 435. The van der Waals surface area contributed by atoms with Crippen molar-refractivity contribution in [2.45, 2.75) is 32.7 Å². The molecule has 112 valence electrons. The standard InChI is InChI=1S/C14H24N4OS/c1-14(2,3)18-12(19)10-17-13(15-4)16-8-7-11-6-5-9-20-11/h5-6,9H,7-8,10H2,1-4H3,(H,18,19)(H2,15,16,17). The Morgan fingerprint density at radius 2 is 2.10 bits per heavy atom. The Hall–Kier alpha value is -1.56. The van der Waals surface area contributed by atoms with E-state index in [9.17, 15) is 4.79 Å². The number of hydrogen-bond donors (Lipinski definition) is 3. The number of thiophene rings is 1. The Balaban J connectivity index is 2.24. The first-order chi connectivity index (χ1) is 9.40. The van der Waals surface area contributed by atoms with E-state index < -0.39 is 0 Å². The summed E-state index contributed by atoms with van der Waals surface area (Å²) in [6.07, 6.45) is 0.951. The van der Waals surface area contributed by atoms with Gasteiger partial charge in [0, 0.05) is 24.0 Å². The van der Waals surface area contributed by atoms with Crippen LogP contribution in [0.15, 0.2) is 22.5 Å². The molecule has 0 aliphatic rings. The molecular formula is C14H24N4OS. The van der Waals surface area contributed by atoms with E-state index in [2.05, 4.69) is 32.4 Å². The summed E-state index contributed by atoms with van der Waals surface area (Å²) in [7, 11) is 1.70. The van der Waals surface area contributed by atoms with E-state index in [0.717, 1.165) is 13.0 Å². The van der Waals surface area contributed by atoms with Gasteiger partial charge in [-0.15, -0.1) is 11.3 Å². The van der Waals surface area contributed by atoms with Crippen LogP contribution in [0.25, 0.3) is 0 Å². The summed E-state index contributed by atoms with van der Waals surface area (Å²) in [5, 5.41) is 11.2. The number of nitrogens with zero attached hydrogens (tertiary/aromatic N) is 1. The number of rotatable bonds is 5. The van der Waals surface area contributed by atoms with Gasteiger partial charge in [0.05, 0.1) is 6.54 Å². The first kappa shape index (κ1) is 16.5. The molecule has 1 heterocycles. The normalized spacial score (nSPS) is 12.1. The summed E-state index contributed by atoms with van der Waals surface area (Å²) < 4.78 is 0. The van der Waals surface area contributed by atoms with Crippen LogP contribution in [0.3, 0.4) is 0 Å². The quantitative estimate of drug-likeness (QED) is 0.568. The molecular weight excluding hydrogens is 272 g/mol. The van der Waals surface area contributed by atoms with E-state index in [4.69, 9.17) is 0 Å². The number of hydrogen-bond acceptors (Lipinski definition) is 3. The van der Waals surface area contributed by atoms with Crippen molar-refractivity contribution in [3.63, 3.8) is 0 Å². The van der Waals surface area contributed by atoms with Crippen LogP contribution >= 0.6 is 11.3 Å². The molecule has 0 radical (unpaired) electrons. The minimum atomic E-state index is -0.213. The molecule has 0 fully saturated rings. The number of nitrogens with one attached hydrogen (secondary N) is 3. The van der Waals surface area contributed by atoms with E-state index in [-0.39, 0.29) is 18.0 Å². The molecule has 0 atom stereocenters. The molecule has 1 aromatic rings. The zero-order valence-electron chi connectivity index (χ0n) is 12.6. The number of aliphatic imine (C=N–C) groups is 1. The molecule has 5 nitrogen and oxygen atoms in total. The van der Waals surface area contributed by atoms with Gasteiger partial charge in [-0.2, -0.15) is 0 Å². The molecule has 0 bridgehead atoms. The van der Waals surface area contributed by atoms with Gasteiger partial charge >= 0.3 is 0 Å². The van der Waals surface area contributed by atoms with Crippen molar-refractivity contribution in [2.75, 3.05) is 20.1 Å². The maximum absolute atomic E-state index is 11.7. The van der Waals surface area contributed by atoms with E-state index in [1.165, 1.54) is 4.88 Å². The fourth-order valence-electron chi connectivity index (χ4n) is 1.61. The maximum atomic E-state index is 11.7. The first-order valence-corrected chi connectivity index (χ1v) is 7.56. The third-order valence-corrected chi connectivity index (χ3v) is 3.33. The summed E-state index contributed by atoms with van der Waals surface area (Å²) >= 11 is 1.74. The van der Waals surface area contributed by atoms with E-state index in [0.29, 0.717) is 5.96 Å². The topological polar surface area (TPSA) is 65.5 Å². The molecule has 0 saturated carbocycles. The monoisotopic (exact) mass is 296 g/mol. The van der Waals surface area contributed by atoms with Gasteiger partial charge in [0.25, 0.3) is 0 Å². The van der Waals surface area contributed by atoms with E-state index >= 15 is 0 Å². The number of carbonyl (C=O) groups excluding carboxylic acids is 1. The van der Waals surface area contributed by atoms with Crippen LogP contribution in [-0.4, -0.2) is 37.5 Å². The minimum absolute atomic E-state index is 0.0429. The Labute approximate surface area is 124 Å². The fourth-order valence-corrected chi connectivity index (χ4v) is 2.31. The lowest BCUT2D eigenvalue weighted by atomic mass is 10.1. The lowest BCUT2D eigenvalue weighted by Crippen LogP contribution is -2.48. The predicted octanol–water partition coefficient (Wildman–Crippen LogP) is 1.37. The summed E-state index contributed by atoms with van der Waals surface area (Å²) in [6.45, 7) is 6.88. The van der Waals surface area contributed by atoms with Crippen molar-refractivity contribution in [2.24, 2.45) is 4.99 Å². The van der Waals surface area contributed by atoms with Crippen LogP contribution in [0, 0.1) is 0 Å². The molecule has 20 heavy (non-hydrogen) atoms. The van der Waals surface area contributed by atoms with Crippen molar-refractivity contribution in [1.29, 1.82) is 0 Å². The van der Waals surface area contributed by atoms with E-state index in [1.54, 1.807) is 18.4 Å². The van der Waals surface area contributed by atoms with Crippen molar-refractivity contribution in [3.8, 4) is 0 Å². The summed E-state index contributed by atoms with van der Waals surface area (Å²) in [4.78, 5) is 17.1. The second kappa shape index (κ2) is 7.89. The smallest absolute Gasteiger partial charge is 0.239 e. The average Bonchev–Trinajstić information content (AvgIpc) is 2.84. The molecule has 0 aromatic carbocycles. The lowest BCUT2D eigenvalue weighted by Gasteiger charge is -2.21. The van der Waals surface area contributed by atoms with Crippen molar-refractivity contribution < 1.29 is 4.79 Å². The van der Waals surface area contributed by atoms with Gasteiger partial charge in [-0.1, -0.05) is 6.07 Å². The Morgan fingerprint density at radius 1 is 1.35 bits per heavy atom. The van der Waals surface area contributed by atoms with Crippen LogP contribution in [0.2, 0.25) is 0 Å². The van der Waals surface area contributed by atoms with Crippen LogP contribution < -0.4 is 16.0 Å². The summed E-state index contributed by atoms with van der Waals surface area (Å²) in [5.74, 6) is 0.601. The molecule has 6 heteroatoms. The summed E-state index contributed by atoms with van der Waals surface area (Å²) in [5.41, 5.74) is -0.213. The minimum Gasteiger partial charge on any atom is -0.356 e. The maximum Gasteiger partial charge on any atom is 0.239 e. The van der Waals surface area contributed by atoms with Gasteiger partial charge < -0.3 is 16.0 Å². The predicted molar refractivity (Wildman–Crippen MR) is 85.3 cm³/mol. The fraction of sp³-hybridized carbons (Fsp3) is 0.571. The van der Waals surface area contributed by atoms with Crippen molar-refractivity contribution in [3.05, 3.63) is 22.4 Å². The third kappa shape index (κ3) is 7.13. The average molecular weight is 296 g/mol.